The van der Waals surface area contributed by atoms with E-state index in [-0.39, 0.29) is 31.1 Å². The minimum atomic E-state index is -1.33. The maximum atomic E-state index is 11.9. The first-order valence-corrected chi connectivity index (χ1v) is 9.49. The van der Waals surface area contributed by atoms with Crippen molar-refractivity contribution in [2.45, 2.75) is 52.7 Å². The maximum absolute atomic E-state index is 11.9. The molecule has 1 unspecified atom stereocenters. The van der Waals surface area contributed by atoms with Crippen LogP contribution in [0.3, 0.4) is 0 Å². The lowest BCUT2D eigenvalue weighted by Gasteiger charge is -2.22. The Morgan fingerprint density at radius 3 is 2.00 bits per heavy atom. The Balaban J connectivity index is 3.08. The predicted molar refractivity (Wildman–Crippen MR) is 106 cm³/mol. The van der Waals surface area contributed by atoms with Gasteiger partial charge in [-0.1, -0.05) is 6.07 Å². The van der Waals surface area contributed by atoms with Gasteiger partial charge >= 0.3 is 24.4 Å². The van der Waals surface area contributed by atoms with Gasteiger partial charge in [0.1, 0.15) is 11.6 Å². The zero-order valence-electron chi connectivity index (χ0n) is 18.1. The van der Waals surface area contributed by atoms with Crippen LogP contribution in [-0.2, 0) is 25.4 Å². The molecule has 0 aliphatic heterocycles. The average molecular weight is 441 g/mol. The first-order valence-electron chi connectivity index (χ1n) is 9.49. The van der Waals surface area contributed by atoms with Gasteiger partial charge in [0.05, 0.1) is 13.2 Å². The second-order valence-corrected chi connectivity index (χ2v) is 7.09. The summed E-state index contributed by atoms with van der Waals surface area (Å²) < 4.78 is 24.5. The van der Waals surface area contributed by atoms with Crippen molar-refractivity contribution in [3.8, 4) is 11.5 Å². The molecular formula is C20H27NO10. The molecule has 0 aliphatic rings. The molecule has 0 fully saturated rings. The lowest BCUT2D eigenvalue weighted by Crippen LogP contribution is -2.44. The van der Waals surface area contributed by atoms with E-state index in [2.05, 4.69) is 5.32 Å². The molecule has 1 atom stereocenters. The number of hydrogen-bond donors (Lipinski definition) is 2. The van der Waals surface area contributed by atoms with E-state index in [1.807, 2.05) is 0 Å². The fourth-order valence-corrected chi connectivity index (χ4v) is 2.20. The van der Waals surface area contributed by atoms with E-state index in [0.717, 1.165) is 0 Å². The smallest absolute Gasteiger partial charge is 0.480 e. The predicted octanol–water partition coefficient (Wildman–Crippen LogP) is 3.28. The second kappa shape index (κ2) is 11.6. The van der Waals surface area contributed by atoms with Gasteiger partial charge in [0.25, 0.3) is 0 Å². The number of hydrogen-bond acceptors (Lipinski definition) is 9. The standard InChI is InChI=1S/C20H27NO10/c1-6-27-18(25)29-14-9-8-12(11-15(14)30-19(26)28-7-2)10-13(16(22)23)21-17(24)31-20(3,4)5/h8-9,11,13H,6-7,10H2,1-5H3,(H,21,24)(H,22,23). The van der Waals surface area contributed by atoms with Crippen LogP contribution in [0.4, 0.5) is 14.4 Å². The number of carboxylic acid groups (broad SMARTS) is 1. The summed E-state index contributed by atoms with van der Waals surface area (Å²) >= 11 is 0. The molecule has 0 radical (unpaired) electrons. The average Bonchev–Trinajstić information content (AvgIpc) is 2.62. The molecule has 0 aromatic heterocycles. The Bertz CT molecular complexity index is 800. The SMILES string of the molecule is CCOC(=O)Oc1ccc(CC(NC(=O)OC(C)(C)C)C(=O)O)cc1OC(=O)OCC. The Morgan fingerprint density at radius 1 is 0.968 bits per heavy atom. The molecule has 0 bridgehead atoms. The number of rotatable bonds is 8. The fourth-order valence-electron chi connectivity index (χ4n) is 2.20. The minimum absolute atomic E-state index is 0.0491. The van der Waals surface area contributed by atoms with Gasteiger partial charge in [0, 0.05) is 6.42 Å². The molecule has 0 heterocycles. The Hall–Kier alpha value is -3.50. The first kappa shape index (κ1) is 25.5. The molecule has 11 heteroatoms. The summed E-state index contributed by atoms with van der Waals surface area (Å²) in [5, 5.41) is 11.7. The van der Waals surface area contributed by atoms with Gasteiger partial charge in [0.15, 0.2) is 11.5 Å². The van der Waals surface area contributed by atoms with Crippen LogP contribution in [0, 0.1) is 0 Å². The van der Waals surface area contributed by atoms with Crippen molar-refractivity contribution in [1.29, 1.82) is 0 Å². The van der Waals surface area contributed by atoms with Crippen molar-refractivity contribution in [1.82, 2.24) is 5.32 Å². The number of amides is 1. The largest absolute Gasteiger partial charge is 0.513 e. The lowest BCUT2D eigenvalue weighted by atomic mass is 10.1. The third-order valence-electron chi connectivity index (χ3n) is 3.35. The normalized spacial score (nSPS) is 11.6. The van der Waals surface area contributed by atoms with Crippen molar-refractivity contribution < 1.29 is 48.0 Å². The van der Waals surface area contributed by atoms with Gasteiger partial charge in [-0.25, -0.2) is 19.2 Å². The Labute approximate surface area is 179 Å². The van der Waals surface area contributed by atoms with Gasteiger partial charge < -0.3 is 34.1 Å². The van der Waals surface area contributed by atoms with Gasteiger partial charge in [-0.2, -0.15) is 0 Å². The number of ether oxygens (including phenoxy) is 5. The van der Waals surface area contributed by atoms with Crippen molar-refractivity contribution in [2.24, 2.45) is 0 Å². The summed E-state index contributed by atoms with van der Waals surface area (Å²) in [6.45, 7) is 8.21. The van der Waals surface area contributed by atoms with E-state index in [1.165, 1.54) is 18.2 Å². The van der Waals surface area contributed by atoms with Crippen molar-refractivity contribution >= 4 is 24.4 Å². The monoisotopic (exact) mass is 441 g/mol. The van der Waals surface area contributed by atoms with Gasteiger partial charge in [-0.15, -0.1) is 0 Å². The molecular weight excluding hydrogens is 414 g/mol. The van der Waals surface area contributed by atoms with Crippen molar-refractivity contribution in [3.05, 3.63) is 23.8 Å². The van der Waals surface area contributed by atoms with Crippen LogP contribution < -0.4 is 14.8 Å². The zero-order chi connectivity index (χ0) is 23.6. The number of alkyl carbamates (subject to hydrolysis) is 1. The van der Waals surface area contributed by atoms with Crippen LogP contribution in [0.25, 0.3) is 0 Å². The summed E-state index contributed by atoms with van der Waals surface area (Å²) in [7, 11) is 0. The number of carbonyl (C=O) groups is 4. The van der Waals surface area contributed by atoms with Crippen molar-refractivity contribution in [2.75, 3.05) is 13.2 Å². The summed E-state index contributed by atoms with van der Waals surface area (Å²) in [5.74, 6) is -1.63. The molecule has 1 aromatic carbocycles. The molecule has 1 rings (SSSR count). The molecule has 172 valence electrons. The van der Waals surface area contributed by atoms with Gasteiger partial charge in [-0.3, -0.25) is 0 Å². The molecule has 0 saturated heterocycles. The lowest BCUT2D eigenvalue weighted by molar-refractivity contribution is -0.139. The Kier molecular flexibility index (Phi) is 9.58. The molecule has 0 saturated carbocycles. The van der Waals surface area contributed by atoms with Gasteiger partial charge in [-0.05, 0) is 52.3 Å². The Morgan fingerprint density at radius 2 is 1.52 bits per heavy atom. The molecule has 0 spiro atoms. The second-order valence-electron chi connectivity index (χ2n) is 7.09. The number of carboxylic acids is 1. The van der Waals surface area contributed by atoms with E-state index in [0.29, 0.717) is 5.56 Å². The van der Waals surface area contributed by atoms with Crippen LogP contribution in [0.5, 0.6) is 11.5 Å². The quantitative estimate of drug-likeness (QED) is 0.350. The van der Waals surface area contributed by atoms with Crippen LogP contribution in [0.15, 0.2) is 18.2 Å². The zero-order valence-corrected chi connectivity index (χ0v) is 18.1. The maximum Gasteiger partial charge on any atom is 0.513 e. The van der Waals surface area contributed by atoms with E-state index < -0.39 is 36.0 Å². The highest BCUT2D eigenvalue weighted by Gasteiger charge is 2.25. The summed E-state index contributed by atoms with van der Waals surface area (Å²) in [6.07, 6.45) is -3.13. The third kappa shape index (κ3) is 9.70. The highest BCUT2D eigenvalue weighted by Crippen LogP contribution is 2.30. The molecule has 31 heavy (non-hydrogen) atoms. The first-order chi connectivity index (χ1) is 14.4. The fraction of sp³-hybridized carbons (Fsp3) is 0.500. The highest BCUT2D eigenvalue weighted by atomic mass is 16.7. The molecule has 0 aliphatic carbocycles. The summed E-state index contributed by atoms with van der Waals surface area (Å²) in [4.78, 5) is 46.8. The highest BCUT2D eigenvalue weighted by molar-refractivity contribution is 5.80. The van der Waals surface area contributed by atoms with Gasteiger partial charge in [0.2, 0.25) is 0 Å². The molecule has 11 nitrogen and oxygen atoms in total. The topological polar surface area (TPSA) is 147 Å². The van der Waals surface area contributed by atoms with E-state index in [9.17, 15) is 24.3 Å². The molecule has 2 N–H and O–H groups in total. The number of aliphatic carboxylic acids is 1. The summed E-state index contributed by atoms with van der Waals surface area (Å²) in [6, 6.07) is 2.70. The summed E-state index contributed by atoms with van der Waals surface area (Å²) in [5.41, 5.74) is -0.446. The van der Waals surface area contributed by atoms with E-state index in [1.54, 1.807) is 34.6 Å². The van der Waals surface area contributed by atoms with Crippen molar-refractivity contribution in [3.63, 3.8) is 0 Å². The minimum Gasteiger partial charge on any atom is -0.480 e. The van der Waals surface area contributed by atoms with Crippen LogP contribution >= 0.6 is 0 Å². The molecule has 1 aromatic rings. The number of nitrogens with one attached hydrogen (secondary N) is 1. The number of carbonyl (C=O) groups excluding carboxylic acids is 3. The van der Waals surface area contributed by atoms with Crippen LogP contribution in [0.2, 0.25) is 0 Å². The van der Waals surface area contributed by atoms with E-state index >= 15 is 0 Å². The molecule has 1 amide bonds. The van der Waals surface area contributed by atoms with E-state index in [4.69, 9.17) is 23.7 Å². The number of benzene rings is 1. The van der Waals surface area contributed by atoms with Crippen LogP contribution in [-0.4, -0.2) is 54.3 Å². The third-order valence-corrected chi connectivity index (χ3v) is 3.35. The van der Waals surface area contributed by atoms with Crippen LogP contribution in [0.1, 0.15) is 40.2 Å².